The zero-order valence-electron chi connectivity index (χ0n) is 12.6. The van der Waals surface area contributed by atoms with Crippen LogP contribution in [0.3, 0.4) is 0 Å². The first kappa shape index (κ1) is 17.0. The molecule has 0 aliphatic rings. The molecule has 5 nitrogen and oxygen atoms in total. The molecular weight excluding hydrogens is 360 g/mol. The largest absolute Gasteiger partial charge is 0.483 e. The van der Waals surface area contributed by atoms with E-state index >= 15 is 0 Å². The summed E-state index contributed by atoms with van der Waals surface area (Å²) in [6, 6.07) is 14.1. The molecule has 0 heterocycles. The lowest BCUT2D eigenvalue weighted by atomic mass is 10.1. The summed E-state index contributed by atoms with van der Waals surface area (Å²) in [7, 11) is 0. The van der Waals surface area contributed by atoms with Gasteiger partial charge in [-0.05, 0) is 36.8 Å². The van der Waals surface area contributed by atoms with Crippen molar-refractivity contribution >= 4 is 27.7 Å². The highest BCUT2D eigenvalue weighted by atomic mass is 79.9. The summed E-state index contributed by atoms with van der Waals surface area (Å²) < 4.78 is 6.37. The van der Waals surface area contributed by atoms with Crippen molar-refractivity contribution in [1.82, 2.24) is 5.32 Å². The van der Waals surface area contributed by atoms with E-state index in [4.69, 9.17) is 10.5 Å². The Bertz CT molecular complexity index is 701. The van der Waals surface area contributed by atoms with Crippen molar-refractivity contribution in [3.63, 3.8) is 0 Å². The molecule has 0 unspecified atom stereocenters. The van der Waals surface area contributed by atoms with E-state index < -0.39 is 5.91 Å². The van der Waals surface area contributed by atoms with Gasteiger partial charge in [-0.3, -0.25) is 9.59 Å². The van der Waals surface area contributed by atoms with E-state index in [2.05, 4.69) is 21.2 Å². The molecule has 0 radical (unpaired) electrons. The standard InChI is InChI=1S/C17H17BrN2O3/c1-11(12-6-8-13(18)9-7-12)20-16(21)10-23-15-5-3-2-4-14(15)17(19)22/h2-9,11H,10H2,1H3,(H2,19,22)(H,20,21)/t11-/m0/s1. The molecule has 120 valence electrons. The number of rotatable bonds is 6. The summed E-state index contributed by atoms with van der Waals surface area (Å²) in [5.41, 5.74) is 6.50. The number of hydrogen-bond acceptors (Lipinski definition) is 3. The number of halogens is 1. The molecule has 3 N–H and O–H groups in total. The first-order valence-corrected chi connectivity index (χ1v) is 7.83. The van der Waals surface area contributed by atoms with Crippen LogP contribution in [0.25, 0.3) is 0 Å². The van der Waals surface area contributed by atoms with Gasteiger partial charge >= 0.3 is 0 Å². The molecule has 2 amide bonds. The van der Waals surface area contributed by atoms with Crippen LogP contribution in [0.1, 0.15) is 28.9 Å². The third-order valence-electron chi connectivity index (χ3n) is 3.26. The number of nitrogens with two attached hydrogens (primary N) is 1. The van der Waals surface area contributed by atoms with E-state index in [1.807, 2.05) is 31.2 Å². The van der Waals surface area contributed by atoms with Crippen LogP contribution in [-0.2, 0) is 4.79 Å². The van der Waals surface area contributed by atoms with Crippen molar-refractivity contribution < 1.29 is 14.3 Å². The van der Waals surface area contributed by atoms with Crippen molar-refractivity contribution in [2.75, 3.05) is 6.61 Å². The van der Waals surface area contributed by atoms with Gasteiger partial charge in [0.25, 0.3) is 11.8 Å². The van der Waals surface area contributed by atoms with Crippen LogP contribution in [0.5, 0.6) is 5.75 Å². The highest BCUT2D eigenvalue weighted by Crippen LogP contribution is 2.18. The van der Waals surface area contributed by atoms with Gasteiger partial charge in [-0.25, -0.2) is 0 Å². The van der Waals surface area contributed by atoms with Gasteiger partial charge in [0, 0.05) is 4.47 Å². The fraction of sp³-hybridized carbons (Fsp3) is 0.176. The minimum atomic E-state index is -0.593. The lowest BCUT2D eigenvalue weighted by Gasteiger charge is -2.15. The fourth-order valence-electron chi connectivity index (χ4n) is 2.06. The Morgan fingerprint density at radius 2 is 1.83 bits per heavy atom. The number of benzene rings is 2. The molecule has 6 heteroatoms. The first-order valence-electron chi connectivity index (χ1n) is 7.04. The van der Waals surface area contributed by atoms with Crippen LogP contribution < -0.4 is 15.8 Å². The Kier molecular flexibility index (Phi) is 5.76. The second-order valence-electron chi connectivity index (χ2n) is 4.99. The molecule has 0 aliphatic carbocycles. The van der Waals surface area contributed by atoms with Crippen molar-refractivity contribution in [1.29, 1.82) is 0 Å². The van der Waals surface area contributed by atoms with E-state index in [-0.39, 0.29) is 24.1 Å². The molecule has 0 fully saturated rings. The Hall–Kier alpha value is -2.34. The topological polar surface area (TPSA) is 81.4 Å². The highest BCUT2D eigenvalue weighted by molar-refractivity contribution is 9.10. The maximum atomic E-state index is 12.0. The number of carbonyl (C=O) groups is 2. The molecule has 23 heavy (non-hydrogen) atoms. The van der Waals surface area contributed by atoms with Gasteiger partial charge in [-0.2, -0.15) is 0 Å². The van der Waals surface area contributed by atoms with Gasteiger partial charge < -0.3 is 15.8 Å². The molecule has 0 spiro atoms. The monoisotopic (exact) mass is 376 g/mol. The van der Waals surface area contributed by atoms with Crippen molar-refractivity contribution in [2.45, 2.75) is 13.0 Å². The third kappa shape index (κ3) is 4.82. The molecule has 0 saturated heterocycles. The summed E-state index contributed by atoms with van der Waals surface area (Å²) in [6.07, 6.45) is 0. The zero-order chi connectivity index (χ0) is 16.8. The molecular formula is C17H17BrN2O3. The van der Waals surface area contributed by atoms with E-state index in [0.29, 0.717) is 5.75 Å². The Morgan fingerprint density at radius 3 is 2.48 bits per heavy atom. The second-order valence-corrected chi connectivity index (χ2v) is 5.91. The van der Waals surface area contributed by atoms with Crippen LogP contribution in [0, 0.1) is 0 Å². The maximum absolute atomic E-state index is 12.0. The summed E-state index contributed by atoms with van der Waals surface area (Å²) in [6.45, 7) is 1.70. The molecule has 1 atom stereocenters. The molecule has 0 saturated carbocycles. The van der Waals surface area contributed by atoms with Crippen LogP contribution in [0.2, 0.25) is 0 Å². The number of carbonyl (C=O) groups excluding carboxylic acids is 2. The number of primary amides is 1. The second kappa shape index (κ2) is 7.78. The highest BCUT2D eigenvalue weighted by Gasteiger charge is 2.12. The Labute approximate surface area is 143 Å². The average molecular weight is 377 g/mol. The zero-order valence-corrected chi connectivity index (χ0v) is 14.2. The molecule has 0 bridgehead atoms. The summed E-state index contributed by atoms with van der Waals surface area (Å²) in [5.74, 6) is -0.574. The van der Waals surface area contributed by atoms with Gasteiger partial charge in [0.15, 0.2) is 6.61 Å². The number of hydrogen-bond donors (Lipinski definition) is 2. The predicted molar refractivity (Wildman–Crippen MR) is 91.2 cm³/mol. The number of ether oxygens (including phenoxy) is 1. The van der Waals surface area contributed by atoms with Gasteiger partial charge in [-0.1, -0.05) is 40.2 Å². The summed E-state index contributed by atoms with van der Waals surface area (Å²) >= 11 is 3.37. The maximum Gasteiger partial charge on any atom is 0.258 e. The van der Waals surface area contributed by atoms with Crippen molar-refractivity contribution in [3.8, 4) is 5.75 Å². The first-order chi connectivity index (χ1) is 11.0. The molecule has 0 aromatic heterocycles. The molecule has 0 aliphatic heterocycles. The average Bonchev–Trinajstić information content (AvgIpc) is 2.53. The SMILES string of the molecule is C[C@H](NC(=O)COc1ccccc1C(N)=O)c1ccc(Br)cc1. The number of nitrogens with one attached hydrogen (secondary N) is 1. The Balaban J connectivity index is 1.93. The third-order valence-corrected chi connectivity index (χ3v) is 3.79. The molecule has 2 rings (SSSR count). The Morgan fingerprint density at radius 1 is 1.17 bits per heavy atom. The number of para-hydroxylation sites is 1. The minimum absolute atomic E-state index is 0.148. The van der Waals surface area contributed by atoms with Crippen LogP contribution in [0.4, 0.5) is 0 Å². The van der Waals surface area contributed by atoms with Crippen LogP contribution in [-0.4, -0.2) is 18.4 Å². The van der Waals surface area contributed by atoms with Crippen LogP contribution in [0.15, 0.2) is 53.0 Å². The van der Waals surface area contributed by atoms with E-state index in [1.54, 1.807) is 24.3 Å². The van der Waals surface area contributed by atoms with Crippen molar-refractivity contribution in [2.24, 2.45) is 5.73 Å². The van der Waals surface area contributed by atoms with Gasteiger partial charge in [0.1, 0.15) is 5.75 Å². The van der Waals surface area contributed by atoms with Gasteiger partial charge in [0.2, 0.25) is 0 Å². The fourth-order valence-corrected chi connectivity index (χ4v) is 2.32. The smallest absolute Gasteiger partial charge is 0.258 e. The van der Waals surface area contributed by atoms with Gasteiger partial charge in [0.05, 0.1) is 11.6 Å². The summed E-state index contributed by atoms with van der Waals surface area (Å²) in [5, 5.41) is 2.84. The van der Waals surface area contributed by atoms with E-state index in [0.717, 1.165) is 10.0 Å². The number of amides is 2. The summed E-state index contributed by atoms with van der Waals surface area (Å²) in [4.78, 5) is 23.3. The predicted octanol–water partition coefficient (Wildman–Crippen LogP) is 2.80. The quantitative estimate of drug-likeness (QED) is 0.812. The van der Waals surface area contributed by atoms with Gasteiger partial charge in [-0.15, -0.1) is 0 Å². The lowest BCUT2D eigenvalue weighted by Crippen LogP contribution is -2.31. The van der Waals surface area contributed by atoms with E-state index in [9.17, 15) is 9.59 Å². The normalized spacial score (nSPS) is 11.6. The molecule has 2 aromatic rings. The minimum Gasteiger partial charge on any atom is -0.483 e. The van der Waals surface area contributed by atoms with Crippen LogP contribution >= 0.6 is 15.9 Å². The molecule has 2 aromatic carbocycles. The lowest BCUT2D eigenvalue weighted by molar-refractivity contribution is -0.123. The van der Waals surface area contributed by atoms with Crippen molar-refractivity contribution in [3.05, 3.63) is 64.1 Å². The van der Waals surface area contributed by atoms with E-state index in [1.165, 1.54) is 0 Å².